The SMILES string of the molecule is c1ccc2cc(-c3nc(-c4cc(-c5ccc(C67CC8CC(CC(C8)C6)C7)cc5)cc5c4oc4ccccc45)nc(-c4cccc5c4oc4ccc6ccccc6c45)n3)ccc2c1. The summed E-state index contributed by atoms with van der Waals surface area (Å²) in [4.78, 5) is 16.0. The van der Waals surface area contributed by atoms with Crippen LogP contribution in [-0.2, 0) is 5.41 Å². The van der Waals surface area contributed by atoms with Crippen molar-refractivity contribution in [2.24, 2.45) is 17.8 Å². The van der Waals surface area contributed by atoms with E-state index >= 15 is 0 Å². The lowest BCUT2D eigenvalue weighted by molar-refractivity contribution is -0.00518. The Balaban J connectivity index is 0.984. The topological polar surface area (TPSA) is 65.0 Å². The number of para-hydroxylation sites is 2. The van der Waals surface area contributed by atoms with Gasteiger partial charge in [-0.15, -0.1) is 0 Å². The molecule has 5 nitrogen and oxygen atoms in total. The third kappa shape index (κ3) is 5.24. The molecule has 4 aliphatic rings. The van der Waals surface area contributed by atoms with Crippen LogP contribution in [0, 0.1) is 17.8 Å². The van der Waals surface area contributed by atoms with E-state index in [9.17, 15) is 0 Å². The van der Waals surface area contributed by atoms with Gasteiger partial charge >= 0.3 is 0 Å². The predicted octanol–water partition coefficient (Wildman–Crippen LogP) is 15.1. The number of aromatic nitrogens is 3. The minimum atomic E-state index is 0.347. The monoisotopic (exact) mass is 799 g/mol. The van der Waals surface area contributed by atoms with Crippen molar-refractivity contribution in [3.63, 3.8) is 0 Å². The van der Waals surface area contributed by atoms with E-state index in [1.165, 1.54) is 55.0 Å². The molecule has 11 aromatic rings. The summed E-state index contributed by atoms with van der Waals surface area (Å²) >= 11 is 0. The lowest BCUT2D eigenvalue weighted by Gasteiger charge is -2.57. The first-order valence-electron chi connectivity index (χ1n) is 22.2. The Morgan fingerprint density at radius 3 is 1.82 bits per heavy atom. The molecule has 0 saturated heterocycles. The Morgan fingerprint density at radius 1 is 0.403 bits per heavy atom. The van der Waals surface area contributed by atoms with Gasteiger partial charge in [0, 0.05) is 27.1 Å². The van der Waals surface area contributed by atoms with Gasteiger partial charge in [0.1, 0.15) is 22.3 Å². The zero-order valence-corrected chi connectivity index (χ0v) is 34.1. The number of furan rings is 2. The molecule has 0 atom stereocenters. The van der Waals surface area contributed by atoms with Gasteiger partial charge in [0.05, 0.1) is 11.1 Å². The van der Waals surface area contributed by atoms with Gasteiger partial charge in [0.25, 0.3) is 0 Å². The minimum absolute atomic E-state index is 0.347. The van der Waals surface area contributed by atoms with E-state index in [2.05, 4.69) is 146 Å². The molecular weight excluding hydrogens is 759 g/mol. The van der Waals surface area contributed by atoms with Gasteiger partial charge in [-0.05, 0) is 136 Å². The molecule has 0 unspecified atom stereocenters. The maximum absolute atomic E-state index is 6.77. The molecule has 8 aromatic carbocycles. The van der Waals surface area contributed by atoms with E-state index in [0.29, 0.717) is 22.9 Å². The molecule has 4 fully saturated rings. The molecule has 62 heavy (non-hydrogen) atoms. The lowest BCUT2D eigenvalue weighted by atomic mass is 9.48. The van der Waals surface area contributed by atoms with Crippen LogP contribution in [-0.4, -0.2) is 15.0 Å². The summed E-state index contributed by atoms with van der Waals surface area (Å²) in [5.41, 5.74) is 9.89. The third-order valence-corrected chi connectivity index (χ3v) is 14.9. The fourth-order valence-electron chi connectivity index (χ4n) is 12.5. The molecule has 15 rings (SSSR count). The Morgan fingerprint density at radius 2 is 1.02 bits per heavy atom. The largest absolute Gasteiger partial charge is 0.455 e. The summed E-state index contributed by atoms with van der Waals surface area (Å²) in [5.74, 6) is 4.40. The fraction of sp³-hybridized carbons (Fsp3) is 0.175. The average molecular weight is 800 g/mol. The summed E-state index contributed by atoms with van der Waals surface area (Å²) in [6.07, 6.45) is 8.42. The molecule has 5 heteroatoms. The van der Waals surface area contributed by atoms with E-state index in [1.807, 2.05) is 12.1 Å². The van der Waals surface area contributed by atoms with E-state index in [-0.39, 0.29) is 0 Å². The van der Waals surface area contributed by atoms with Gasteiger partial charge in [-0.1, -0.05) is 121 Å². The maximum atomic E-state index is 6.77. The smallest absolute Gasteiger partial charge is 0.167 e. The molecule has 4 saturated carbocycles. The number of benzene rings is 8. The van der Waals surface area contributed by atoms with Gasteiger partial charge in [-0.25, -0.2) is 15.0 Å². The second kappa shape index (κ2) is 13.0. The van der Waals surface area contributed by atoms with Crippen LogP contribution in [0.5, 0.6) is 0 Å². The highest BCUT2D eigenvalue weighted by Gasteiger charge is 2.51. The first-order valence-corrected chi connectivity index (χ1v) is 22.2. The first kappa shape index (κ1) is 34.6. The summed E-state index contributed by atoms with van der Waals surface area (Å²) in [7, 11) is 0. The Labute approximate surface area is 358 Å². The summed E-state index contributed by atoms with van der Waals surface area (Å²) in [6.45, 7) is 0. The number of nitrogens with zero attached hydrogens (tertiary/aromatic N) is 3. The van der Waals surface area contributed by atoms with E-state index < -0.39 is 0 Å². The number of hydrogen-bond donors (Lipinski definition) is 0. The highest BCUT2D eigenvalue weighted by atomic mass is 16.3. The molecule has 0 aliphatic heterocycles. The average Bonchev–Trinajstić information content (AvgIpc) is 3.90. The zero-order chi connectivity index (χ0) is 40.5. The highest BCUT2D eigenvalue weighted by molar-refractivity contribution is 6.20. The Kier molecular flexibility index (Phi) is 7.22. The number of rotatable bonds is 5. The molecule has 3 heterocycles. The van der Waals surface area contributed by atoms with Crippen LogP contribution in [0.25, 0.3) is 111 Å². The van der Waals surface area contributed by atoms with Crippen molar-refractivity contribution in [2.45, 2.75) is 43.9 Å². The standard InChI is InChI=1S/C57H41N3O2/c1-2-10-39-27-40(17-16-36(39)8-1)54-58-55(46-14-7-13-45-51-43-11-4-3-9-38(43)20-23-50(51)62-52(45)46)60-56(59-54)48-29-41(28-47-44-12-5-6-15-49(44)61-53(47)48)37-18-21-42(22-19-37)57-30-33-24-34(31-57)26-35(25-33)32-57/h1-23,27-29,33-35H,24-26,30-32H2. The molecule has 0 radical (unpaired) electrons. The van der Waals surface area contributed by atoms with Crippen LogP contribution in [0.2, 0.25) is 0 Å². The highest BCUT2D eigenvalue weighted by Crippen LogP contribution is 2.61. The van der Waals surface area contributed by atoms with Crippen LogP contribution < -0.4 is 0 Å². The second-order valence-corrected chi connectivity index (χ2v) is 18.6. The van der Waals surface area contributed by atoms with Crippen molar-refractivity contribution in [3.05, 3.63) is 163 Å². The minimum Gasteiger partial charge on any atom is -0.455 e. The van der Waals surface area contributed by atoms with Crippen molar-refractivity contribution >= 4 is 65.4 Å². The van der Waals surface area contributed by atoms with E-state index in [0.717, 1.165) is 100 Å². The third-order valence-electron chi connectivity index (χ3n) is 14.9. The Bertz CT molecular complexity index is 3600. The Hall–Kier alpha value is -7.11. The van der Waals surface area contributed by atoms with Crippen molar-refractivity contribution in [1.82, 2.24) is 15.0 Å². The predicted molar refractivity (Wildman–Crippen MR) is 251 cm³/mol. The molecule has 296 valence electrons. The normalized spacial score (nSPS) is 20.7. The molecule has 4 bridgehead atoms. The van der Waals surface area contributed by atoms with Gasteiger partial charge in [-0.3, -0.25) is 0 Å². The van der Waals surface area contributed by atoms with Crippen LogP contribution in [0.1, 0.15) is 44.1 Å². The quantitative estimate of drug-likeness (QED) is 0.173. The second-order valence-electron chi connectivity index (χ2n) is 18.6. The van der Waals surface area contributed by atoms with E-state index in [1.54, 1.807) is 0 Å². The summed E-state index contributed by atoms with van der Waals surface area (Å²) in [6, 6.07) is 56.2. The van der Waals surface area contributed by atoms with Crippen molar-refractivity contribution in [1.29, 1.82) is 0 Å². The maximum Gasteiger partial charge on any atom is 0.167 e. The first-order chi connectivity index (χ1) is 30.6. The van der Waals surface area contributed by atoms with E-state index in [4.69, 9.17) is 23.8 Å². The van der Waals surface area contributed by atoms with Crippen molar-refractivity contribution < 1.29 is 8.83 Å². The molecule has 0 N–H and O–H groups in total. The summed E-state index contributed by atoms with van der Waals surface area (Å²) < 4.78 is 13.5. The molecule has 0 amide bonds. The van der Waals surface area contributed by atoms with Gasteiger partial charge < -0.3 is 8.83 Å². The number of hydrogen-bond acceptors (Lipinski definition) is 5. The van der Waals surface area contributed by atoms with Crippen LogP contribution in [0.3, 0.4) is 0 Å². The summed E-state index contributed by atoms with van der Waals surface area (Å²) in [5, 5.41) is 8.85. The van der Waals surface area contributed by atoms with Crippen LogP contribution >= 0.6 is 0 Å². The van der Waals surface area contributed by atoms with Crippen LogP contribution in [0.15, 0.2) is 167 Å². The van der Waals surface area contributed by atoms with Crippen LogP contribution in [0.4, 0.5) is 0 Å². The van der Waals surface area contributed by atoms with Gasteiger partial charge in [0.15, 0.2) is 17.5 Å². The van der Waals surface area contributed by atoms with Gasteiger partial charge in [-0.2, -0.15) is 0 Å². The zero-order valence-electron chi connectivity index (χ0n) is 34.1. The molecule has 3 aromatic heterocycles. The molecular formula is C57H41N3O2. The molecule has 4 aliphatic carbocycles. The molecule has 0 spiro atoms. The van der Waals surface area contributed by atoms with Crippen molar-refractivity contribution in [2.75, 3.05) is 0 Å². The van der Waals surface area contributed by atoms with Crippen molar-refractivity contribution in [3.8, 4) is 45.3 Å². The van der Waals surface area contributed by atoms with Gasteiger partial charge in [0.2, 0.25) is 0 Å². The number of fused-ring (bicyclic) bond motifs is 9. The lowest BCUT2D eigenvalue weighted by Crippen LogP contribution is -2.48. The fourth-order valence-corrected chi connectivity index (χ4v) is 12.5.